The van der Waals surface area contributed by atoms with Crippen molar-refractivity contribution in [1.82, 2.24) is 15.3 Å². The molecule has 126 valence electrons. The van der Waals surface area contributed by atoms with Crippen LogP contribution in [0.2, 0.25) is 0 Å². The lowest BCUT2D eigenvalue weighted by Gasteiger charge is -2.39. The fourth-order valence-corrected chi connectivity index (χ4v) is 3.19. The number of ether oxygens (including phenoxy) is 1. The van der Waals surface area contributed by atoms with Crippen molar-refractivity contribution in [2.45, 2.75) is 25.5 Å². The Bertz CT molecular complexity index is 483. The van der Waals surface area contributed by atoms with E-state index in [2.05, 4.69) is 10.2 Å². The molecule has 0 aromatic heterocycles. The predicted octanol–water partition coefficient (Wildman–Crippen LogP) is 1.62. The zero-order valence-electron chi connectivity index (χ0n) is 13.4. The second-order valence-corrected chi connectivity index (χ2v) is 6.06. The highest BCUT2D eigenvalue weighted by Gasteiger charge is 2.27. The quantitative estimate of drug-likeness (QED) is 0.851. The monoisotopic (exact) mass is 319 g/mol. The molecule has 2 heterocycles. The Morgan fingerprint density at radius 1 is 1.09 bits per heavy atom. The van der Waals surface area contributed by atoms with Crippen molar-refractivity contribution in [3.05, 3.63) is 35.9 Å². The summed E-state index contributed by atoms with van der Waals surface area (Å²) >= 11 is 0. The third-order valence-electron chi connectivity index (χ3n) is 4.49. The topological polar surface area (TPSA) is 54.0 Å². The fourth-order valence-electron chi connectivity index (χ4n) is 3.19. The van der Waals surface area contributed by atoms with Crippen LogP contribution in [0.15, 0.2) is 30.3 Å². The fraction of sp³-hybridized carbons (Fsp3) is 0.588. The van der Waals surface area contributed by atoms with Gasteiger partial charge in [-0.05, 0) is 18.4 Å². The average Bonchev–Trinajstić information content (AvgIpc) is 2.62. The Morgan fingerprint density at radius 3 is 2.48 bits per heavy atom. The van der Waals surface area contributed by atoms with Gasteiger partial charge in [-0.25, -0.2) is 4.79 Å². The molecule has 1 N–H and O–H groups in total. The molecular formula is C17H25N3O3. The van der Waals surface area contributed by atoms with Gasteiger partial charge in [-0.15, -0.1) is 5.06 Å². The maximum Gasteiger partial charge on any atom is 0.528 e. The lowest BCUT2D eigenvalue weighted by atomic mass is 10.0. The molecule has 2 aliphatic heterocycles. The predicted molar refractivity (Wildman–Crippen MR) is 86.7 cm³/mol. The zero-order valence-corrected chi connectivity index (χ0v) is 13.4. The van der Waals surface area contributed by atoms with Crippen molar-refractivity contribution in [2.75, 3.05) is 39.3 Å². The second kappa shape index (κ2) is 8.29. The molecule has 2 saturated heterocycles. The van der Waals surface area contributed by atoms with E-state index >= 15 is 0 Å². The van der Waals surface area contributed by atoms with Gasteiger partial charge in [-0.2, -0.15) is 0 Å². The van der Waals surface area contributed by atoms with Gasteiger partial charge in [0, 0.05) is 45.3 Å². The molecule has 0 saturated carbocycles. The van der Waals surface area contributed by atoms with Crippen molar-refractivity contribution >= 4 is 6.16 Å². The molecule has 2 aliphatic rings. The van der Waals surface area contributed by atoms with Gasteiger partial charge in [-0.3, -0.25) is 4.90 Å². The van der Waals surface area contributed by atoms with Crippen LogP contribution in [0.4, 0.5) is 4.79 Å². The minimum Gasteiger partial charge on any atom is -0.428 e. The number of carbonyl (C=O) groups excluding carboxylic acids is 1. The van der Waals surface area contributed by atoms with Crippen LogP contribution in [0.5, 0.6) is 0 Å². The summed E-state index contributed by atoms with van der Waals surface area (Å²) in [5, 5.41) is 5.11. The molecule has 3 rings (SSSR count). The van der Waals surface area contributed by atoms with Gasteiger partial charge in [0.15, 0.2) is 0 Å². The summed E-state index contributed by atoms with van der Waals surface area (Å²) in [6, 6.07) is 10.2. The zero-order chi connectivity index (χ0) is 15.9. The first kappa shape index (κ1) is 16.2. The second-order valence-electron chi connectivity index (χ2n) is 6.06. The van der Waals surface area contributed by atoms with E-state index in [-0.39, 0.29) is 6.61 Å². The Balaban J connectivity index is 1.35. The van der Waals surface area contributed by atoms with E-state index < -0.39 is 6.16 Å². The van der Waals surface area contributed by atoms with Crippen molar-refractivity contribution in [3.63, 3.8) is 0 Å². The van der Waals surface area contributed by atoms with Gasteiger partial charge in [0.05, 0.1) is 0 Å². The van der Waals surface area contributed by atoms with Crippen LogP contribution in [0.3, 0.4) is 0 Å². The smallest absolute Gasteiger partial charge is 0.428 e. The molecule has 0 aliphatic carbocycles. The highest BCUT2D eigenvalue weighted by atomic mass is 16.8. The van der Waals surface area contributed by atoms with Crippen LogP contribution < -0.4 is 5.32 Å². The van der Waals surface area contributed by atoms with Crippen LogP contribution in [0, 0.1) is 0 Å². The maximum atomic E-state index is 11.8. The minimum absolute atomic E-state index is 0.247. The Morgan fingerprint density at radius 2 is 1.78 bits per heavy atom. The summed E-state index contributed by atoms with van der Waals surface area (Å²) in [5.74, 6) is 0. The van der Waals surface area contributed by atoms with Crippen LogP contribution in [0.25, 0.3) is 0 Å². The highest BCUT2D eigenvalue weighted by molar-refractivity contribution is 5.59. The molecule has 0 spiro atoms. The lowest BCUT2D eigenvalue weighted by Crippen LogP contribution is -2.52. The molecule has 0 bridgehead atoms. The van der Waals surface area contributed by atoms with Crippen molar-refractivity contribution in [3.8, 4) is 0 Å². The SMILES string of the molecule is O=C(OCc1ccccc1)ON1CCC(N2CCNCC2)CC1. The molecule has 0 radical (unpaired) electrons. The van der Waals surface area contributed by atoms with E-state index in [0.717, 1.165) is 57.7 Å². The van der Waals surface area contributed by atoms with E-state index in [4.69, 9.17) is 9.57 Å². The summed E-state index contributed by atoms with van der Waals surface area (Å²) in [5.41, 5.74) is 0.960. The third kappa shape index (κ3) is 4.92. The first-order chi connectivity index (χ1) is 11.3. The average molecular weight is 319 g/mol. The number of carbonyl (C=O) groups is 1. The van der Waals surface area contributed by atoms with Gasteiger partial charge in [0.2, 0.25) is 0 Å². The van der Waals surface area contributed by atoms with Crippen molar-refractivity contribution in [2.24, 2.45) is 0 Å². The largest absolute Gasteiger partial charge is 0.528 e. The number of hydrogen-bond donors (Lipinski definition) is 1. The number of piperazine rings is 1. The van der Waals surface area contributed by atoms with Gasteiger partial charge in [0.1, 0.15) is 6.61 Å². The first-order valence-corrected chi connectivity index (χ1v) is 8.39. The number of rotatable bonds is 4. The Kier molecular flexibility index (Phi) is 5.85. The third-order valence-corrected chi connectivity index (χ3v) is 4.49. The highest BCUT2D eigenvalue weighted by Crippen LogP contribution is 2.17. The van der Waals surface area contributed by atoms with Gasteiger partial charge < -0.3 is 14.9 Å². The van der Waals surface area contributed by atoms with Gasteiger partial charge >= 0.3 is 6.16 Å². The normalized spacial score (nSPS) is 21.0. The number of benzene rings is 1. The molecular weight excluding hydrogens is 294 g/mol. The molecule has 0 unspecified atom stereocenters. The molecule has 23 heavy (non-hydrogen) atoms. The number of nitrogens with one attached hydrogen (secondary N) is 1. The molecule has 1 aromatic rings. The minimum atomic E-state index is -0.616. The maximum absolute atomic E-state index is 11.8. The molecule has 0 amide bonds. The van der Waals surface area contributed by atoms with Crippen molar-refractivity contribution < 1.29 is 14.4 Å². The van der Waals surface area contributed by atoms with Gasteiger partial charge in [0.25, 0.3) is 0 Å². The summed E-state index contributed by atoms with van der Waals surface area (Å²) in [4.78, 5) is 19.6. The Labute approximate surface area is 137 Å². The van der Waals surface area contributed by atoms with Crippen LogP contribution in [-0.2, 0) is 16.2 Å². The first-order valence-electron chi connectivity index (χ1n) is 8.39. The number of hydroxylamine groups is 2. The molecule has 6 heteroatoms. The lowest BCUT2D eigenvalue weighted by molar-refractivity contribution is -0.146. The van der Waals surface area contributed by atoms with Gasteiger partial charge in [-0.1, -0.05) is 30.3 Å². The van der Waals surface area contributed by atoms with Crippen LogP contribution in [0.1, 0.15) is 18.4 Å². The summed E-state index contributed by atoms with van der Waals surface area (Å²) in [6.45, 7) is 6.17. The molecule has 2 fully saturated rings. The summed E-state index contributed by atoms with van der Waals surface area (Å²) in [7, 11) is 0. The number of piperidine rings is 1. The standard InChI is InChI=1S/C17H25N3O3/c21-17(22-14-15-4-2-1-3-5-15)23-20-10-6-16(7-11-20)19-12-8-18-9-13-19/h1-5,16,18H,6-14H2. The van der Waals surface area contributed by atoms with Crippen LogP contribution in [-0.4, -0.2) is 61.4 Å². The molecule has 6 nitrogen and oxygen atoms in total. The molecule has 0 atom stereocenters. The number of hydrogen-bond acceptors (Lipinski definition) is 6. The molecule has 1 aromatic carbocycles. The summed E-state index contributed by atoms with van der Waals surface area (Å²) in [6.07, 6.45) is 1.45. The van der Waals surface area contributed by atoms with E-state index in [1.165, 1.54) is 0 Å². The van der Waals surface area contributed by atoms with E-state index in [1.54, 1.807) is 5.06 Å². The number of nitrogens with zero attached hydrogens (tertiary/aromatic N) is 2. The van der Waals surface area contributed by atoms with E-state index in [0.29, 0.717) is 6.04 Å². The Hall–Kier alpha value is -1.63. The van der Waals surface area contributed by atoms with E-state index in [1.807, 2.05) is 30.3 Å². The van der Waals surface area contributed by atoms with E-state index in [9.17, 15) is 4.79 Å². The van der Waals surface area contributed by atoms with Crippen LogP contribution >= 0.6 is 0 Å². The van der Waals surface area contributed by atoms with Crippen molar-refractivity contribution in [1.29, 1.82) is 0 Å². The summed E-state index contributed by atoms with van der Waals surface area (Å²) < 4.78 is 5.15.